The molecule has 1 amide bonds. The van der Waals surface area contributed by atoms with Crippen LogP contribution in [-0.2, 0) is 11.2 Å². The van der Waals surface area contributed by atoms with E-state index in [1.54, 1.807) is 13.8 Å². The quantitative estimate of drug-likeness (QED) is 0.746. The largest absolute Gasteiger partial charge is 0.426 e. The van der Waals surface area contributed by atoms with Crippen molar-refractivity contribution in [3.63, 3.8) is 0 Å². The highest BCUT2D eigenvalue weighted by molar-refractivity contribution is 5.73. The van der Waals surface area contributed by atoms with Crippen LogP contribution in [0.15, 0.2) is 4.42 Å². The fourth-order valence-electron chi connectivity index (χ4n) is 1.98. The molecule has 0 unspecified atom stereocenters. The molecule has 6 heteroatoms. The van der Waals surface area contributed by atoms with Gasteiger partial charge in [0.15, 0.2) is 0 Å². The van der Waals surface area contributed by atoms with Crippen LogP contribution in [0.3, 0.4) is 0 Å². The van der Waals surface area contributed by atoms with Gasteiger partial charge in [-0.05, 0) is 0 Å². The van der Waals surface area contributed by atoms with Crippen molar-refractivity contribution in [3.05, 3.63) is 11.8 Å². The Morgan fingerprint density at radius 3 is 2.53 bits per heavy atom. The number of amides is 1. The van der Waals surface area contributed by atoms with E-state index in [2.05, 4.69) is 15.1 Å². The molecule has 0 N–H and O–H groups in total. The van der Waals surface area contributed by atoms with E-state index in [1.807, 2.05) is 4.90 Å². The van der Waals surface area contributed by atoms with Gasteiger partial charge in [0.05, 0.1) is 0 Å². The van der Waals surface area contributed by atoms with Crippen LogP contribution in [0, 0.1) is 6.92 Å². The van der Waals surface area contributed by atoms with Crippen molar-refractivity contribution in [3.8, 4) is 0 Å². The van der Waals surface area contributed by atoms with E-state index in [4.69, 9.17) is 4.42 Å². The maximum absolute atomic E-state index is 11.2. The molecule has 0 bridgehead atoms. The minimum atomic E-state index is 0.164. The molecule has 1 fully saturated rings. The highest BCUT2D eigenvalue weighted by Crippen LogP contribution is 2.05. The smallest absolute Gasteiger partial charge is 0.219 e. The highest BCUT2D eigenvalue weighted by atomic mass is 16.4. The van der Waals surface area contributed by atoms with Gasteiger partial charge in [0.25, 0.3) is 0 Å². The third-order valence-electron chi connectivity index (χ3n) is 3.03. The van der Waals surface area contributed by atoms with Crippen molar-refractivity contribution < 1.29 is 9.21 Å². The molecule has 0 radical (unpaired) electrons. The molecule has 0 spiro atoms. The molecule has 0 aliphatic carbocycles. The van der Waals surface area contributed by atoms with Gasteiger partial charge in [-0.1, -0.05) is 0 Å². The summed E-state index contributed by atoms with van der Waals surface area (Å²) in [6.07, 6.45) is 0.779. The SMILES string of the molecule is CC(=O)N1CCN(CCc2nnc(C)o2)CC1. The summed E-state index contributed by atoms with van der Waals surface area (Å²) in [6, 6.07) is 0. The van der Waals surface area contributed by atoms with E-state index >= 15 is 0 Å². The van der Waals surface area contributed by atoms with E-state index in [0.717, 1.165) is 39.1 Å². The standard InChI is InChI=1S/C11H18N4O2/c1-9-12-13-11(17-9)3-4-14-5-7-15(8-6-14)10(2)16/h3-8H2,1-2H3. The van der Waals surface area contributed by atoms with Crippen molar-refractivity contribution in [1.82, 2.24) is 20.0 Å². The van der Waals surface area contributed by atoms with Crippen LogP contribution in [0.25, 0.3) is 0 Å². The minimum Gasteiger partial charge on any atom is -0.426 e. The molecule has 0 saturated carbocycles. The average molecular weight is 238 g/mol. The number of hydrogen-bond donors (Lipinski definition) is 0. The maximum atomic E-state index is 11.2. The predicted octanol–water partition coefficient (Wildman–Crippen LogP) is 0.0846. The molecule has 1 aliphatic rings. The maximum Gasteiger partial charge on any atom is 0.219 e. The molecule has 0 atom stereocenters. The summed E-state index contributed by atoms with van der Waals surface area (Å²) in [5, 5.41) is 7.76. The summed E-state index contributed by atoms with van der Waals surface area (Å²) in [6.45, 7) is 7.81. The first-order chi connectivity index (χ1) is 8.15. The topological polar surface area (TPSA) is 62.5 Å². The van der Waals surface area contributed by atoms with Crippen molar-refractivity contribution in [1.29, 1.82) is 0 Å². The molecule has 17 heavy (non-hydrogen) atoms. The summed E-state index contributed by atoms with van der Waals surface area (Å²) in [4.78, 5) is 15.4. The van der Waals surface area contributed by atoms with E-state index < -0.39 is 0 Å². The van der Waals surface area contributed by atoms with Crippen LogP contribution in [-0.4, -0.2) is 58.6 Å². The lowest BCUT2D eigenvalue weighted by Crippen LogP contribution is -2.48. The lowest BCUT2D eigenvalue weighted by atomic mass is 10.3. The van der Waals surface area contributed by atoms with E-state index in [-0.39, 0.29) is 5.91 Å². The molecule has 6 nitrogen and oxygen atoms in total. The number of aryl methyl sites for hydroxylation is 1. The molecule has 94 valence electrons. The lowest BCUT2D eigenvalue weighted by Gasteiger charge is -2.33. The van der Waals surface area contributed by atoms with Gasteiger partial charge in [-0.3, -0.25) is 9.69 Å². The van der Waals surface area contributed by atoms with Gasteiger partial charge in [-0.2, -0.15) is 0 Å². The van der Waals surface area contributed by atoms with Crippen molar-refractivity contribution in [2.24, 2.45) is 0 Å². The van der Waals surface area contributed by atoms with Gasteiger partial charge in [-0.15, -0.1) is 10.2 Å². The molecule has 2 heterocycles. The molecule has 1 aromatic heterocycles. The zero-order chi connectivity index (χ0) is 12.3. The van der Waals surface area contributed by atoms with Gasteiger partial charge in [-0.25, -0.2) is 0 Å². The van der Waals surface area contributed by atoms with Gasteiger partial charge < -0.3 is 9.32 Å². The van der Waals surface area contributed by atoms with Crippen LogP contribution < -0.4 is 0 Å². The Morgan fingerprint density at radius 1 is 1.29 bits per heavy atom. The number of piperazine rings is 1. The molecular weight excluding hydrogens is 220 g/mol. The molecule has 2 rings (SSSR count). The number of hydrogen-bond acceptors (Lipinski definition) is 5. The Morgan fingerprint density at radius 2 is 2.00 bits per heavy atom. The number of aromatic nitrogens is 2. The van der Waals surface area contributed by atoms with Gasteiger partial charge in [0.2, 0.25) is 17.7 Å². The molecule has 1 saturated heterocycles. The second-order valence-electron chi connectivity index (χ2n) is 4.31. The summed E-state index contributed by atoms with van der Waals surface area (Å²) in [5.41, 5.74) is 0. The number of rotatable bonds is 3. The van der Waals surface area contributed by atoms with E-state index in [0.29, 0.717) is 11.8 Å². The van der Waals surface area contributed by atoms with Crippen LogP contribution in [0.5, 0.6) is 0 Å². The molecule has 1 aromatic rings. The van der Waals surface area contributed by atoms with Gasteiger partial charge in [0, 0.05) is 53.0 Å². The number of carbonyl (C=O) groups is 1. The minimum absolute atomic E-state index is 0.164. The first kappa shape index (κ1) is 12.0. The first-order valence-electron chi connectivity index (χ1n) is 5.92. The Balaban J connectivity index is 1.73. The highest BCUT2D eigenvalue weighted by Gasteiger charge is 2.18. The summed E-state index contributed by atoms with van der Waals surface area (Å²) >= 11 is 0. The molecule has 0 aromatic carbocycles. The van der Waals surface area contributed by atoms with Crippen LogP contribution in [0.1, 0.15) is 18.7 Å². The molecular formula is C11H18N4O2. The van der Waals surface area contributed by atoms with E-state index in [9.17, 15) is 4.79 Å². The van der Waals surface area contributed by atoms with Crippen molar-refractivity contribution >= 4 is 5.91 Å². The first-order valence-corrected chi connectivity index (χ1v) is 5.92. The second-order valence-corrected chi connectivity index (χ2v) is 4.31. The zero-order valence-electron chi connectivity index (χ0n) is 10.3. The fraction of sp³-hybridized carbons (Fsp3) is 0.727. The third-order valence-corrected chi connectivity index (χ3v) is 3.03. The monoisotopic (exact) mass is 238 g/mol. The summed E-state index contributed by atoms with van der Waals surface area (Å²) in [7, 11) is 0. The Kier molecular flexibility index (Phi) is 3.73. The van der Waals surface area contributed by atoms with Gasteiger partial charge >= 0.3 is 0 Å². The lowest BCUT2D eigenvalue weighted by molar-refractivity contribution is -0.130. The third kappa shape index (κ3) is 3.26. The predicted molar refractivity (Wildman–Crippen MR) is 61.4 cm³/mol. The van der Waals surface area contributed by atoms with Gasteiger partial charge in [0.1, 0.15) is 0 Å². The van der Waals surface area contributed by atoms with Crippen LogP contribution >= 0.6 is 0 Å². The average Bonchev–Trinajstić information content (AvgIpc) is 2.73. The molecule has 1 aliphatic heterocycles. The zero-order valence-corrected chi connectivity index (χ0v) is 10.3. The summed E-state index contributed by atoms with van der Waals surface area (Å²) in [5.74, 6) is 1.47. The number of nitrogens with zero attached hydrogens (tertiary/aromatic N) is 4. The van der Waals surface area contributed by atoms with Crippen molar-refractivity contribution in [2.75, 3.05) is 32.7 Å². The fourth-order valence-corrected chi connectivity index (χ4v) is 1.98. The van der Waals surface area contributed by atoms with E-state index in [1.165, 1.54) is 0 Å². The Hall–Kier alpha value is -1.43. The Labute approximate surface area is 101 Å². The normalized spacial score (nSPS) is 17.4. The second kappa shape index (κ2) is 5.27. The van der Waals surface area contributed by atoms with Crippen LogP contribution in [0.4, 0.5) is 0 Å². The Bertz CT molecular complexity index is 383. The number of carbonyl (C=O) groups excluding carboxylic acids is 1. The van der Waals surface area contributed by atoms with Crippen LogP contribution in [0.2, 0.25) is 0 Å². The summed E-state index contributed by atoms with van der Waals surface area (Å²) < 4.78 is 5.32. The van der Waals surface area contributed by atoms with Crippen molar-refractivity contribution in [2.45, 2.75) is 20.3 Å².